The summed E-state index contributed by atoms with van der Waals surface area (Å²) in [6.45, 7) is 2.22. The molecular formula is C27H30F2N2O4. The highest BCUT2D eigenvalue weighted by atomic mass is 19.1. The summed E-state index contributed by atoms with van der Waals surface area (Å²) in [7, 11) is 0. The third-order valence-corrected chi connectivity index (χ3v) is 6.63. The van der Waals surface area contributed by atoms with Gasteiger partial charge in [0.15, 0.2) is 5.75 Å². The number of nitrogens with one attached hydrogen (secondary N) is 2. The monoisotopic (exact) mass is 484 g/mol. The van der Waals surface area contributed by atoms with Crippen molar-refractivity contribution < 1.29 is 18.6 Å². The van der Waals surface area contributed by atoms with Crippen molar-refractivity contribution in [3.05, 3.63) is 96.8 Å². The van der Waals surface area contributed by atoms with Crippen molar-refractivity contribution in [3.63, 3.8) is 0 Å². The summed E-state index contributed by atoms with van der Waals surface area (Å²) in [4.78, 5) is 22.5. The van der Waals surface area contributed by atoms with Crippen molar-refractivity contribution in [2.75, 3.05) is 13.3 Å². The van der Waals surface area contributed by atoms with Gasteiger partial charge in [-0.15, -0.1) is 0 Å². The van der Waals surface area contributed by atoms with Crippen molar-refractivity contribution in [3.8, 4) is 5.75 Å². The highest BCUT2D eigenvalue weighted by molar-refractivity contribution is 5.36. The molecule has 0 heterocycles. The first kappa shape index (κ1) is 25.2. The van der Waals surface area contributed by atoms with E-state index in [1.807, 2.05) is 0 Å². The van der Waals surface area contributed by atoms with Crippen molar-refractivity contribution in [2.45, 2.75) is 57.2 Å². The second kappa shape index (κ2) is 11.2. The molecule has 1 aliphatic carbocycles. The van der Waals surface area contributed by atoms with Crippen LogP contribution in [0.2, 0.25) is 0 Å². The topological polar surface area (TPSA) is 87.7 Å². The van der Waals surface area contributed by atoms with Gasteiger partial charge in [-0.2, -0.15) is 0 Å². The van der Waals surface area contributed by atoms with Gasteiger partial charge in [-0.3, -0.25) is 14.9 Å². The van der Waals surface area contributed by atoms with Crippen LogP contribution in [0, 0.1) is 11.6 Å². The molecule has 3 aromatic rings. The van der Waals surface area contributed by atoms with Gasteiger partial charge in [0.2, 0.25) is 5.43 Å². The minimum absolute atomic E-state index is 0.0452. The number of hydrogen-bond acceptors (Lipinski definition) is 6. The number of hydrogen-bond donors (Lipinski definition) is 3. The molecule has 0 amide bonds. The zero-order chi connectivity index (χ0) is 24.9. The fourth-order valence-corrected chi connectivity index (χ4v) is 4.64. The third kappa shape index (κ3) is 6.20. The molecule has 0 bridgehead atoms. The zero-order valence-electron chi connectivity index (χ0n) is 19.7. The largest absolute Gasteiger partial charge is 0.474 e. The average Bonchev–Trinajstić information content (AvgIpc) is 2.84. The van der Waals surface area contributed by atoms with Gasteiger partial charge in [-0.05, 0) is 66.5 Å². The lowest BCUT2D eigenvalue weighted by Gasteiger charge is -2.30. The molecule has 35 heavy (non-hydrogen) atoms. The Hall–Kier alpha value is -2.94. The summed E-state index contributed by atoms with van der Waals surface area (Å²) in [5.74, 6) is -1.44. The lowest BCUT2D eigenvalue weighted by molar-refractivity contribution is 0.105. The molecular weight excluding hydrogens is 454 g/mol. The molecule has 0 saturated heterocycles. The van der Waals surface area contributed by atoms with E-state index in [1.54, 1.807) is 0 Å². The van der Waals surface area contributed by atoms with Gasteiger partial charge < -0.3 is 15.2 Å². The Bertz CT molecular complexity index is 1220. The highest BCUT2D eigenvalue weighted by Crippen LogP contribution is 2.30. The number of aliphatic hydroxyl groups is 1. The molecule has 8 heteroatoms. The summed E-state index contributed by atoms with van der Waals surface area (Å²) in [5.41, 5.74) is 2.90. The average molecular weight is 485 g/mol. The van der Waals surface area contributed by atoms with E-state index in [9.17, 15) is 23.5 Å². The summed E-state index contributed by atoms with van der Waals surface area (Å²) in [6.07, 6.45) is 3.19. The first-order chi connectivity index (χ1) is 16.8. The van der Waals surface area contributed by atoms with E-state index in [4.69, 9.17) is 4.74 Å². The lowest BCUT2D eigenvalue weighted by atomic mass is 9.86. The molecule has 186 valence electrons. The van der Waals surface area contributed by atoms with E-state index in [0.717, 1.165) is 37.8 Å². The molecule has 1 aliphatic rings. The third-order valence-electron chi connectivity index (χ3n) is 6.63. The summed E-state index contributed by atoms with van der Waals surface area (Å²) >= 11 is 0. The van der Waals surface area contributed by atoms with Crippen LogP contribution in [0.5, 0.6) is 5.75 Å². The fraction of sp³-hybridized carbons (Fsp3) is 0.407. The van der Waals surface area contributed by atoms with E-state index in [1.165, 1.54) is 28.8 Å². The van der Waals surface area contributed by atoms with Crippen molar-refractivity contribution in [1.29, 1.82) is 0 Å². The molecule has 0 spiro atoms. The maximum Gasteiger partial charge on any atom is 0.267 e. The Kier molecular flexibility index (Phi) is 8.05. The number of benzene rings is 2. The van der Waals surface area contributed by atoms with Crippen molar-refractivity contribution in [2.24, 2.45) is 0 Å². The van der Waals surface area contributed by atoms with Gasteiger partial charge >= 0.3 is 0 Å². The summed E-state index contributed by atoms with van der Waals surface area (Å²) < 4.78 is 32.7. The van der Waals surface area contributed by atoms with Crippen LogP contribution in [0.1, 0.15) is 48.1 Å². The Balaban J connectivity index is 1.43. The Morgan fingerprint density at radius 3 is 2.54 bits per heavy atom. The summed E-state index contributed by atoms with van der Waals surface area (Å²) in [6, 6.07) is 10.4. The zero-order valence-corrected chi connectivity index (χ0v) is 19.7. The molecule has 4 rings (SSSR count). The van der Waals surface area contributed by atoms with Gasteiger partial charge in [-0.25, -0.2) is 8.78 Å². The van der Waals surface area contributed by atoms with Crippen LogP contribution in [-0.2, 0) is 19.3 Å². The van der Waals surface area contributed by atoms with Crippen LogP contribution in [0.3, 0.4) is 0 Å². The molecule has 0 aliphatic heterocycles. The minimum atomic E-state index is -0.919. The van der Waals surface area contributed by atoms with E-state index < -0.39 is 34.6 Å². The molecule has 3 atom stereocenters. The quantitative estimate of drug-likeness (QED) is 0.287. The van der Waals surface area contributed by atoms with Gasteiger partial charge in [0, 0.05) is 30.8 Å². The maximum atomic E-state index is 13.7. The molecule has 6 nitrogen and oxygen atoms in total. The standard InChI is InChI=1S/C27H30F2N2O4/c1-2-16-6-7-18-4-3-5-22(21(18)10-16)30-14-25(33)23(11-17-8-19(28)12-20(29)9-17)31-15-35-26-13-24(32)27(26)34/h6-10,12-13,22-23,25,30-31,33H,2-5,11,14-15H2,1H3. The maximum absolute atomic E-state index is 13.7. The molecule has 0 fully saturated rings. The molecule has 0 radical (unpaired) electrons. The molecule has 0 aromatic heterocycles. The number of aryl methyl sites for hydroxylation is 2. The van der Waals surface area contributed by atoms with Crippen molar-refractivity contribution >= 4 is 0 Å². The van der Waals surface area contributed by atoms with Gasteiger partial charge in [-0.1, -0.05) is 25.1 Å². The number of aliphatic hydroxyl groups excluding tert-OH is 1. The fourth-order valence-electron chi connectivity index (χ4n) is 4.64. The summed E-state index contributed by atoms with van der Waals surface area (Å²) in [5, 5.41) is 17.5. The Morgan fingerprint density at radius 1 is 1.09 bits per heavy atom. The first-order valence-electron chi connectivity index (χ1n) is 12.0. The number of rotatable bonds is 11. The molecule has 3 aromatic carbocycles. The number of fused-ring (bicyclic) bond motifs is 1. The van der Waals surface area contributed by atoms with Crippen LogP contribution in [-0.4, -0.2) is 30.5 Å². The normalized spacial score (nSPS) is 17.2. The smallest absolute Gasteiger partial charge is 0.267 e. The Labute approximate surface area is 202 Å². The van der Waals surface area contributed by atoms with E-state index in [-0.39, 0.29) is 31.5 Å². The SMILES string of the molecule is CCc1ccc2c(c1)C(NCC(O)C(Cc1cc(F)cc(F)c1)NCOc1cc(=O)c1=O)CCC2. The van der Waals surface area contributed by atoms with Crippen molar-refractivity contribution in [1.82, 2.24) is 10.6 Å². The van der Waals surface area contributed by atoms with Crippen LogP contribution in [0.4, 0.5) is 8.78 Å². The first-order valence-corrected chi connectivity index (χ1v) is 12.0. The van der Waals surface area contributed by atoms with Gasteiger partial charge in [0.1, 0.15) is 18.4 Å². The second-order valence-electron chi connectivity index (χ2n) is 9.09. The number of ether oxygens (including phenoxy) is 1. The number of halogens is 2. The highest BCUT2D eigenvalue weighted by Gasteiger charge is 2.25. The molecule has 3 unspecified atom stereocenters. The predicted octanol–water partition coefficient (Wildman–Crippen LogP) is 2.69. The second-order valence-corrected chi connectivity index (χ2v) is 9.09. The van der Waals surface area contributed by atoms with E-state index >= 15 is 0 Å². The molecule has 3 N–H and O–H groups in total. The Morgan fingerprint density at radius 2 is 1.86 bits per heavy atom. The van der Waals surface area contributed by atoms with Crippen LogP contribution < -0.4 is 26.2 Å². The lowest BCUT2D eigenvalue weighted by Crippen LogP contribution is -2.48. The predicted molar refractivity (Wildman–Crippen MR) is 129 cm³/mol. The van der Waals surface area contributed by atoms with Crippen LogP contribution >= 0.6 is 0 Å². The van der Waals surface area contributed by atoms with Crippen LogP contribution in [0.25, 0.3) is 0 Å². The van der Waals surface area contributed by atoms with E-state index in [2.05, 4.69) is 35.8 Å². The molecule has 0 saturated carbocycles. The minimum Gasteiger partial charge on any atom is -0.474 e. The van der Waals surface area contributed by atoms with Crippen LogP contribution in [0.15, 0.2) is 52.1 Å². The van der Waals surface area contributed by atoms with E-state index in [0.29, 0.717) is 5.56 Å². The van der Waals surface area contributed by atoms with Gasteiger partial charge in [0.25, 0.3) is 5.43 Å². The van der Waals surface area contributed by atoms with Gasteiger partial charge in [0.05, 0.1) is 6.10 Å².